The van der Waals surface area contributed by atoms with E-state index in [0.29, 0.717) is 38.4 Å². The van der Waals surface area contributed by atoms with E-state index in [4.69, 9.17) is 44.3 Å². The molecule has 6 nitrogen and oxygen atoms in total. The van der Waals surface area contributed by atoms with Crippen LogP contribution in [0.5, 0.6) is 11.5 Å². The number of carbonyl (C=O) groups excluding carboxylic acids is 1. The smallest absolute Gasteiger partial charge is 0.273 e. The highest BCUT2D eigenvalue weighted by atomic mass is 35.5. The minimum atomic E-state index is -0.492. The fraction of sp³-hybridized carbons (Fsp3) is 0.139. The summed E-state index contributed by atoms with van der Waals surface area (Å²) in [5.74, 6) is 0.456. The van der Waals surface area contributed by atoms with Crippen molar-refractivity contribution < 1.29 is 14.3 Å². The molecule has 5 aromatic rings. The molecule has 0 fully saturated rings. The lowest BCUT2D eigenvalue weighted by molar-refractivity contribution is 0.105. The van der Waals surface area contributed by atoms with Crippen molar-refractivity contribution in [2.75, 3.05) is 7.11 Å². The Kier molecular flexibility index (Phi) is 10.7. The number of nitriles is 1. The molecule has 232 valence electrons. The predicted molar refractivity (Wildman–Crippen MR) is 185 cm³/mol. The van der Waals surface area contributed by atoms with Gasteiger partial charge in [-0.2, -0.15) is 5.26 Å². The molecule has 0 aliphatic rings. The largest absolute Gasteiger partial charge is 0.493 e. The van der Waals surface area contributed by atoms with Gasteiger partial charge in [0.1, 0.15) is 22.9 Å². The molecule has 0 amide bonds. The number of hydrogen-bond acceptors (Lipinski definition) is 6. The van der Waals surface area contributed by atoms with Crippen LogP contribution in [-0.2, 0) is 13.0 Å². The van der Waals surface area contributed by atoms with E-state index in [9.17, 15) is 14.9 Å². The number of aromatic nitrogens is 1. The van der Waals surface area contributed by atoms with Crippen LogP contribution in [0.3, 0.4) is 0 Å². The SMILES string of the molecule is CCCc1ccc(C(=O)/C(C#N)=c2\s/c(=C\c3ccc(OCc4ccccc4Cl)c(OC)c3)c(=O)n2-c2ccc(Cl)c(Cl)c2)cc1. The summed E-state index contributed by atoms with van der Waals surface area (Å²) in [6.45, 7) is 2.32. The minimum Gasteiger partial charge on any atom is -0.493 e. The Morgan fingerprint density at radius 1 is 0.935 bits per heavy atom. The van der Waals surface area contributed by atoms with E-state index in [1.54, 1.807) is 54.6 Å². The highest BCUT2D eigenvalue weighted by Crippen LogP contribution is 2.30. The van der Waals surface area contributed by atoms with Crippen molar-refractivity contribution in [3.8, 4) is 23.3 Å². The van der Waals surface area contributed by atoms with Crippen LogP contribution >= 0.6 is 46.1 Å². The van der Waals surface area contributed by atoms with E-state index in [1.165, 1.54) is 17.7 Å². The third-order valence-corrected chi connectivity index (χ3v) is 9.32. The summed E-state index contributed by atoms with van der Waals surface area (Å²) in [7, 11) is 1.52. The van der Waals surface area contributed by atoms with Gasteiger partial charge in [-0.05, 0) is 60.0 Å². The average Bonchev–Trinajstić information content (AvgIpc) is 3.37. The van der Waals surface area contributed by atoms with E-state index in [1.807, 2.05) is 30.3 Å². The van der Waals surface area contributed by atoms with Gasteiger partial charge in [-0.25, -0.2) is 0 Å². The van der Waals surface area contributed by atoms with Gasteiger partial charge in [-0.3, -0.25) is 14.2 Å². The first kappa shape index (κ1) is 33.1. The lowest BCUT2D eigenvalue weighted by Crippen LogP contribution is -2.31. The molecule has 0 unspecified atom stereocenters. The molecule has 0 saturated carbocycles. The summed E-state index contributed by atoms with van der Waals surface area (Å²) in [6.07, 6.45) is 3.52. The molecule has 1 aromatic heterocycles. The number of ketones is 1. The quantitative estimate of drug-likeness (QED) is 0.140. The van der Waals surface area contributed by atoms with Crippen LogP contribution in [0.2, 0.25) is 15.1 Å². The molecule has 0 bridgehead atoms. The summed E-state index contributed by atoms with van der Waals surface area (Å²) in [6, 6.07) is 26.6. The zero-order chi connectivity index (χ0) is 32.8. The van der Waals surface area contributed by atoms with E-state index in [0.717, 1.165) is 35.3 Å². The molecule has 0 aliphatic carbocycles. The van der Waals surface area contributed by atoms with Gasteiger partial charge >= 0.3 is 0 Å². The first-order valence-electron chi connectivity index (χ1n) is 14.2. The highest BCUT2D eigenvalue weighted by molar-refractivity contribution is 7.07. The summed E-state index contributed by atoms with van der Waals surface area (Å²) >= 11 is 19.8. The summed E-state index contributed by atoms with van der Waals surface area (Å²) in [5, 5.41) is 11.4. The monoisotopic (exact) mass is 688 g/mol. The number of carbonyl (C=O) groups is 1. The molecule has 0 radical (unpaired) electrons. The van der Waals surface area contributed by atoms with Crippen LogP contribution in [0.15, 0.2) is 89.7 Å². The van der Waals surface area contributed by atoms with Gasteiger partial charge in [0.05, 0.1) is 27.4 Å². The molecule has 5 rings (SSSR count). The average molecular weight is 690 g/mol. The van der Waals surface area contributed by atoms with Crippen molar-refractivity contribution in [3.63, 3.8) is 0 Å². The van der Waals surface area contributed by atoms with Crippen LogP contribution < -0.4 is 24.2 Å². The summed E-state index contributed by atoms with van der Waals surface area (Å²) < 4.78 is 13.3. The first-order valence-corrected chi connectivity index (χ1v) is 16.2. The van der Waals surface area contributed by atoms with E-state index in [2.05, 4.69) is 13.0 Å². The summed E-state index contributed by atoms with van der Waals surface area (Å²) in [5.41, 5.74) is 2.67. The molecule has 0 saturated heterocycles. The Morgan fingerprint density at radius 2 is 1.70 bits per heavy atom. The number of benzene rings is 4. The molecule has 10 heteroatoms. The number of Topliss-reactive ketones (excluding diaryl/α,β-unsaturated/α-hetero) is 1. The highest BCUT2D eigenvalue weighted by Gasteiger charge is 2.19. The molecular weight excluding hydrogens is 663 g/mol. The van der Waals surface area contributed by atoms with Crippen molar-refractivity contribution in [2.24, 2.45) is 0 Å². The molecule has 0 atom stereocenters. The van der Waals surface area contributed by atoms with Crippen molar-refractivity contribution in [1.29, 1.82) is 5.26 Å². The number of rotatable bonds is 10. The third-order valence-electron chi connectivity index (χ3n) is 7.12. The second kappa shape index (κ2) is 14.8. The van der Waals surface area contributed by atoms with Crippen molar-refractivity contribution in [1.82, 2.24) is 4.57 Å². The Labute approximate surface area is 284 Å². The Hall–Kier alpha value is -4.32. The van der Waals surface area contributed by atoms with Crippen LogP contribution in [0.4, 0.5) is 0 Å². The molecule has 0 aliphatic heterocycles. The minimum absolute atomic E-state index is 0.169. The standard InChI is InChI=1S/C36H27Cl3N2O4S/c1-3-6-22-9-12-24(13-10-22)34(42)27(20-40)36-41(26-14-15-29(38)30(39)19-26)35(43)33(46-36)18-23-11-16-31(32(17-23)44-2)45-21-25-7-4-5-8-28(25)37/h4-5,7-19H,3,6,21H2,1-2H3/b33-18-,36-27-. The second-order valence-electron chi connectivity index (χ2n) is 10.2. The maximum Gasteiger partial charge on any atom is 0.273 e. The van der Waals surface area contributed by atoms with E-state index >= 15 is 0 Å². The first-order chi connectivity index (χ1) is 22.2. The molecule has 46 heavy (non-hydrogen) atoms. The normalized spacial score (nSPS) is 12.0. The molecule has 0 spiro atoms. The van der Waals surface area contributed by atoms with E-state index in [-0.39, 0.29) is 26.4 Å². The fourth-order valence-electron chi connectivity index (χ4n) is 4.78. The van der Waals surface area contributed by atoms with Gasteiger partial charge in [0.2, 0.25) is 5.78 Å². The van der Waals surface area contributed by atoms with Crippen LogP contribution in [-0.4, -0.2) is 17.5 Å². The van der Waals surface area contributed by atoms with Crippen LogP contribution in [0.25, 0.3) is 17.3 Å². The zero-order valence-electron chi connectivity index (χ0n) is 24.9. The number of aryl methyl sites for hydroxylation is 1. The zero-order valence-corrected chi connectivity index (χ0v) is 27.9. The maximum atomic E-state index is 14.0. The molecule has 0 N–H and O–H groups in total. The number of thiazole rings is 1. The Morgan fingerprint density at radius 3 is 2.37 bits per heavy atom. The molecular formula is C36H27Cl3N2O4S. The number of ether oxygens (including phenoxy) is 2. The maximum absolute atomic E-state index is 14.0. The van der Waals surface area contributed by atoms with Gasteiger partial charge < -0.3 is 9.47 Å². The van der Waals surface area contributed by atoms with E-state index < -0.39 is 11.3 Å². The van der Waals surface area contributed by atoms with Gasteiger partial charge in [-0.1, -0.05) is 96.7 Å². The Balaban J connectivity index is 1.63. The van der Waals surface area contributed by atoms with Crippen LogP contribution in [0, 0.1) is 11.3 Å². The number of methoxy groups -OCH3 is 1. The number of nitrogens with zero attached hydrogens (tertiary/aromatic N) is 2. The molecule has 4 aromatic carbocycles. The predicted octanol–water partition coefficient (Wildman–Crippen LogP) is 7.79. The van der Waals surface area contributed by atoms with Gasteiger partial charge in [-0.15, -0.1) is 11.3 Å². The van der Waals surface area contributed by atoms with Crippen molar-refractivity contribution >= 4 is 63.6 Å². The lowest BCUT2D eigenvalue weighted by atomic mass is 10.0. The number of hydrogen-bond donors (Lipinski definition) is 0. The fourth-order valence-corrected chi connectivity index (χ4v) is 6.36. The van der Waals surface area contributed by atoms with Crippen molar-refractivity contribution in [2.45, 2.75) is 26.4 Å². The summed E-state index contributed by atoms with van der Waals surface area (Å²) in [4.78, 5) is 27.6. The van der Waals surface area contributed by atoms with Crippen LogP contribution in [0.1, 0.15) is 40.4 Å². The van der Waals surface area contributed by atoms with Gasteiger partial charge in [0, 0.05) is 16.1 Å². The third kappa shape index (κ3) is 7.22. The Bertz CT molecular complexity index is 2150. The van der Waals surface area contributed by atoms with Crippen molar-refractivity contribution in [3.05, 3.63) is 142 Å². The molecule has 1 heterocycles. The van der Waals surface area contributed by atoms with Gasteiger partial charge in [0.15, 0.2) is 11.5 Å². The lowest BCUT2D eigenvalue weighted by Gasteiger charge is -2.12. The topological polar surface area (TPSA) is 81.3 Å². The van der Waals surface area contributed by atoms with Gasteiger partial charge in [0.25, 0.3) is 5.56 Å². The second-order valence-corrected chi connectivity index (χ2v) is 12.5. The number of halogens is 3.